The Balaban J connectivity index is 2.15. The number of rotatable bonds is 17. The fourth-order valence-electron chi connectivity index (χ4n) is 5.09. The van der Waals surface area contributed by atoms with Gasteiger partial charge in [-0.25, -0.2) is 5.84 Å². The Labute approximate surface area is 287 Å². The number of amides is 5. The number of benzene rings is 1. The highest BCUT2D eigenvalue weighted by molar-refractivity contribution is 5.96. The average molecular weight is 687 g/mol. The standard InChI is InChI=1S/C34H54N8O7/c1-18(2)15-26(32(47)42-36)40-33(48)28(19(3)4)41-29(44)20(5)38-31(46)25(13-14-27(43)49-34(6,7)8)39-30(45)23(35)16-21-17-37-24-12-10-9-11-22(21)24/h9-12,17-20,23,25-26,28,37H,13-16,35-36H2,1-8H3,(H,38,46)(H,39,45)(H,40,48)(H,41,44)(H,42,47)/t20-,23-,25-,26-,28+/m0/s1. The van der Waals surface area contributed by atoms with Crippen LogP contribution in [0, 0.1) is 11.8 Å². The number of hydrogen-bond acceptors (Lipinski definition) is 9. The zero-order valence-electron chi connectivity index (χ0n) is 29.8. The molecule has 10 N–H and O–H groups in total. The van der Waals surface area contributed by atoms with Crippen molar-refractivity contribution in [1.82, 2.24) is 31.7 Å². The second-order valence-corrected chi connectivity index (χ2v) is 14.0. The fraction of sp³-hybridized carbons (Fsp3) is 0.588. The third-order valence-electron chi connectivity index (χ3n) is 7.62. The van der Waals surface area contributed by atoms with Gasteiger partial charge < -0.3 is 36.7 Å². The summed E-state index contributed by atoms with van der Waals surface area (Å²) in [6.45, 7) is 13.8. The molecule has 2 aromatic rings. The van der Waals surface area contributed by atoms with Crippen molar-refractivity contribution in [2.75, 3.05) is 0 Å². The predicted molar refractivity (Wildman–Crippen MR) is 185 cm³/mol. The molecule has 0 fully saturated rings. The summed E-state index contributed by atoms with van der Waals surface area (Å²) in [7, 11) is 0. The molecule has 0 saturated carbocycles. The number of carbonyl (C=O) groups excluding carboxylic acids is 6. The van der Waals surface area contributed by atoms with Crippen molar-refractivity contribution in [3.05, 3.63) is 36.0 Å². The van der Waals surface area contributed by atoms with Crippen molar-refractivity contribution in [1.29, 1.82) is 0 Å². The number of esters is 1. The second kappa shape index (κ2) is 18.3. The van der Waals surface area contributed by atoms with Crippen LogP contribution in [0.1, 0.15) is 80.2 Å². The molecule has 0 radical (unpaired) electrons. The molecule has 0 aliphatic rings. The van der Waals surface area contributed by atoms with Gasteiger partial charge in [0.1, 0.15) is 29.8 Å². The number of H-pyrrole nitrogens is 1. The minimum Gasteiger partial charge on any atom is -0.460 e. The molecule has 0 saturated heterocycles. The SMILES string of the molecule is CC(C)C[C@H](NC(=O)[C@H](NC(=O)[C@H](C)NC(=O)[C@H](CCC(=O)OC(C)(C)C)NC(=O)[C@@H](N)Cc1c[nH]c2ccccc12)C(C)C)C(=O)NN. The molecule has 49 heavy (non-hydrogen) atoms. The molecule has 2 rings (SSSR count). The lowest BCUT2D eigenvalue weighted by molar-refractivity contribution is -0.155. The molecule has 0 bridgehead atoms. The van der Waals surface area contributed by atoms with Crippen molar-refractivity contribution in [2.45, 2.75) is 117 Å². The van der Waals surface area contributed by atoms with E-state index in [4.69, 9.17) is 16.3 Å². The van der Waals surface area contributed by atoms with Crippen LogP contribution in [0.25, 0.3) is 10.9 Å². The van der Waals surface area contributed by atoms with E-state index >= 15 is 0 Å². The van der Waals surface area contributed by atoms with Crippen molar-refractivity contribution < 1.29 is 33.5 Å². The van der Waals surface area contributed by atoms with E-state index in [2.05, 4.69) is 26.3 Å². The summed E-state index contributed by atoms with van der Waals surface area (Å²) in [5, 5.41) is 11.4. The second-order valence-electron chi connectivity index (χ2n) is 14.0. The van der Waals surface area contributed by atoms with E-state index in [1.807, 2.05) is 43.5 Å². The van der Waals surface area contributed by atoms with Gasteiger partial charge in [0.15, 0.2) is 0 Å². The topological polar surface area (TPSA) is 240 Å². The molecule has 1 heterocycles. The molecule has 1 aromatic heterocycles. The van der Waals surface area contributed by atoms with Crippen molar-refractivity contribution in [3.8, 4) is 0 Å². The van der Waals surface area contributed by atoms with E-state index in [0.29, 0.717) is 6.42 Å². The Hall–Kier alpha value is -4.50. The molecule has 0 unspecified atom stereocenters. The number of hydrazine groups is 1. The number of nitrogens with two attached hydrogens (primary N) is 2. The summed E-state index contributed by atoms with van der Waals surface area (Å²) in [6, 6.07) is 2.20. The molecular formula is C34H54N8O7. The molecule has 15 nitrogen and oxygen atoms in total. The lowest BCUT2D eigenvalue weighted by Gasteiger charge is -2.27. The third kappa shape index (κ3) is 13.1. The smallest absolute Gasteiger partial charge is 0.306 e. The van der Waals surface area contributed by atoms with E-state index in [1.54, 1.807) is 40.8 Å². The largest absolute Gasteiger partial charge is 0.460 e. The Morgan fingerprint density at radius 3 is 2.04 bits per heavy atom. The summed E-state index contributed by atoms with van der Waals surface area (Å²) >= 11 is 0. The molecule has 272 valence electrons. The van der Waals surface area contributed by atoms with Gasteiger partial charge in [0, 0.05) is 23.5 Å². The molecule has 0 aliphatic carbocycles. The van der Waals surface area contributed by atoms with Crippen molar-refractivity contribution in [2.24, 2.45) is 23.4 Å². The third-order valence-corrected chi connectivity index (χ3v) is 7.62. The number of nitrogens with one attached hydrogen (secondary N) is 6. The molecule has 1 aromatic carbocycles. The van der Waals surface area contributed by atoms with Crippen LogP contribution in [-0.2, 0) is 39.9 Å². The highest BCUT2D eigenvalue weighted by Crippen LogP contribution is 2.19. The number of carbonyl (C=O) groups is 6. The maximum Gasteiger partial charge on any atom is 0.306 e. The summed E-state index contributed by atoms with van der Waals surface area (Å²) in [5.74, 6) is 1.20. The Morgan fingerprint density at radius 2 is 1.45 bits per heavy atom. The van der Waals surface area contributed by atoms with E-state index in [-0.39, 0.29) is 31.1 Å². The lowest BCUT2D eigenvalue weighted by atomic mass is 9.99. The van der Waals surface area contributed by atoms with Gasteiger partial charge in [0.25, 0.3) is 5.91 Å². The van der Waals surface area contributed by atoms with Crippen LogP contribution in [0.2, 0.25) is 0 Å². The number of para-hydroxylation sites is 1. The van der Waals surface area contributed by atoms with Crippen LogP contribution in [0.3, 0.4) is 0 Å². The summed E-state index contributed by atoms with van der Waals surface area (Å²) in [6.07, 6.45) is 1.95. The van der Waals surface area contributed by atoms with E-state index in [9.17, 15) is 28.8 Å². The van der Waals surface area contributed by atoms with Crippen LogP contribution in [0.4, 0.5) is 0 Å². The van der Waals surface area contributed by atoms with Crippen LogP contribution >= 0.6 is 0 Å². The van der Waals surface area contributed by atoms with Gasteiger partial charge in [-0.1, -0.05) is 45.9 Å². The van der Waals surface area contributed by atoms with Crippen molar-refractivity contribution in [3.63, 3.8) is 0 Å². The molecule has 0 spiro atoms. The van der Waals surface area contributed by atoms with E-state index < -0.39 is 71.3 Å². The minimum absolute atomic E-state index is 0.0664. The normalized spacial score (nSPS) is 14.7. The minimum atomic E-state index is -1.24. The zero-order chi connectivity index (χ0) is 37.1. The first kappa shape index (κ1) is 40.7. The monoisotopic (exact) mass is 686 g/mol. The average Bonchev–Trinajstić information content (AvgIpc) is 3.41. The van der Waals surface area contributed by atoms with Gasteiger partial charge in [0.2, 0.25) is 23.6 Å². The first-order valence-corrected chi connectivity index (χ1v) is 16.6. The van der Waals surface area contributed by atoms with Crippen LogP contribution in [-0.4, -0.2) is 76.3 Å². The van der Waals surface area contributed by atoms with Gasteiger partial charge in [-0.05, 0) is 70.4 Å². The van der Waals surface area contributed by atoms with Gasteiger partial charge in [0.05, 0.1) is 6.04 Å². The van der Waals surface area contributed by atoms with E-state index in [0.717, 1.165) is 16.5 Å². The summed E-state index contributed by atoms with van der Waals surface area (Å²) < 4.78 is 5.36. The maximum absolute atomic E-state index is 13.5. The van der Waals surface area contributed by atoms with Gasteiger partial charge in [-0.15, -0.1) is 0 Å². The van der Waals surface area contributed by atoms with Gasteiger partial charge >= 0.3 is 5.97 Å². The Morgan fingerprint density at radius 1 is 0.816 bits per heavy atom. The molecule has 5 atom stereocenters. The molecule has 0 aliphatic heterocycles. The van der Waals surface area contributed by atoms with Crippen LogP contribution in [0.15, 0.2) is 30.5 Å². The lowest BCUT2D eigenvalue weighted by Crippen LogP contribution is -2.59. The van der Waals surface area contributed by atoms with Crippen LogP contribution < -0.4 is 38.3 Å². The Bertz CT molecular complexity index is 1470. The maximum atomic E-state index is 13.5. The van der Waals surface area contributed by atoms with E-state index in [1.165, 1.54) is 6.92 Å². The first-order valence-electron chi connectivity index (χ1n) is 16.6. The molecular weight excluding hydrogens is 632 g/mol. The highest BCUT2D eigenvalue weighted by Gasteiger charge is 2.32. The molecule has 5 amide bonds. The number of ether oxygens (including phenoxy) is 1. The van der Waals surface area contributed by atoms with Gasteiger partial charge in [-0.3, -0.25) is 34.2 Å². The van der Waals surface area contributed by atoms with Crippen LogP contribution in [0.5, 0.6) is 0 Å². The Kier molecular flexibility index (Phi) is 15.2. The number of aromatic nitrogens is 1. The van der Waals surface area contributed by atoms with Gasteiger partial charge in [-0.2, -0.15) is 0 Å². The van der Waals surface area contributed by atoms with Crippen molar-refractivity contribution >= 4 is 46.4 Å². The fourth-order valence-corrected chi connectivity index (χ4v) is 5.09. The summed E-state index contributed by atoms with van der Waals surface area (Å²) in [5.41, 5.74) is 9.25. The number of hydrogen-bond donors (Lipinski definition) is 8. The molecule has 15 heteroatoms. The first-order chi connectivity index (χ1) is 22.8. The predicted octanol–water partition coefficient (Wildman–Crippen LogP) is 0.811. The highest BCUT2D eigenvalue weighted by atomic mass is 16.6. The zero-order valence-corrected chi connectivity index (χ0v) is 29.8. The quantitative estimate of drug-likeness (QED) is 0.0508. The number of fused-ring (bicyclic) bond motifs is 1. The summed E-state index contributed by atoms with van der Waals surface area (Å²) in [4.78, 5) is 81.0. The number of aromatic amines is 1.